The molecule has 0 aromatic heterocycles. The van der Waals surface area contributed by atoms with Gasteiger partial charge in [0.1, 0.15) is 5.60 Å². The Kier molecular flexibility index (Phi) is 2.93. The van der Waals surface area contributed by atoms with E-state index in [0.717, 1.165) is 0 Å². The first-order valence-electron chi connectivity index (χ1n) is 4.95. The van der Waals surface area contributed by atoms with Crippen LogP contribution in [-0.4, -0.2) is 29.3 Å². The van der Waals surface area contributed by atoms with Gasteiger partial charge in [0.2, 0.25) is 0 Å². The van der Waals surface area contributed by atoms with E-state index in [1.54, 1.807) is 20.8 Å². The lowest BCUT2D eigenvalue weighted by atomic mass is 10.1. The molecule has 0 radical (unpaired) electrons. The zero-order valence-corrected chi connectivity index (χ0v) is 9.29. The van der Waals surface area contributed by atoms with Crippen LogP contribution < -0.4 is 5.32 Å². The van der Waals surface area contributed by atoms with Crippen molar-refractivity contribution in [1.82, 2.24) is 5.32 Å². The van der Waals surface area contributed by atoms with Crippen LogP contribution in [0.1, 0.15) is 33.6 Å². The van der Waals surface area contributed by atoms with Gasteiger partial charge in [0.15, 0.2) is 0 Å². The van der Waals surface area contributed by atoms with Crippen LogP contribution in [0.3, 0.4) is 0 Å². The fraction of sp³-hybridized carbons (Fsp3) is 0.800. The molecule has 86 valence electrons. The topological polar surface area (TPSA) is 75.6 Å². The van der Waals surface area contributed by atoms with Crippen molar-refractivity contribution in [2.45, 2.75) is 39.2 Å². The minimum absolute atomic E-state index is 0.150. The summed E-state index contributed by atoms with van der Waals surface area (Å²) in [7, 11) is 0. The number of carbonyl (C=O) groups is 2. The number of esters is 1. The Morgan fingerprint density at radius 3 is 2.27 bits per heavy atom. The van der Waals surface area contributed by atoms with Crippen molar-refractivity contribution in [2.24, 2.45) is 5.41 Å². The maximum Gasteiger partial charge on any atom is 0.404 e. The van der Waals surface area contributed by atoms with E-state index in [-0.39, 0.29) is 12.5 Å². The van der Waals surface area contributed by atoms with Gasteiger partial charge in [0.05, 0.1) is 5.41 Å². The molecule has 5 heteroatoms. The molecular formula is C10H17NO4. The summed E-state index contributed by atoms with van der Waals surface area (Å²) in [5.41, 5.74) is -1.12. The molecule has 0 bridgehead atoms. The zero-order valence-electron chi connectivity index (χ0n) is 9.29. The molecule has 0 saturated heterocycles. The average molecular weight is 215 g/mol. The summed E-state index contributed by atoms with van der Waals surface area (Å²) in [6, 6.07) is 0. The molecule has 0 aromatic rings. The Bertz CT molecular complexity index is 276. The van der Waals surface area contributed by atoms with Gasteiger partial charge in [-0.15, -0.1) is 0 Å². The standard InChI is InChI=1S/C10H17NO4/c1-9(2,3)15-7(12)10(4-5-10)6-11-8(13)14/h11H,4-6H2,1-3H3,(H,13,14). The summed E-state index contributed by atoms with van der Waals surface area (Å²) in [5.74, 6) is -0.302. The van der Waals surface area contributed by atoms with Crippen molar-refractivity contribution < 1.29 is 19.4 Å². The van der Waals surface area contributed by atoms with Crippen molar-refractivity contribution >= 4 is 12.1 Å². The van der Waals surface area contributed by atoms with E-state index in [4.69, 9.17) is 9.84 Å². The van der Waals surface area contributed by atoms with Gasteiger partial charge in [-0.3, -0.25) is 4.79 Å². The molecule has 0 aliphatic heterocycles. The highest BCUT2D eigenvalue weighted by Gasteiger charge is 2.52. The molecule has 1 aliphatic rings. The van der Waals surface area contributed by atoms with Gasteiger partial charge in [-0.05, 0) is 33.6 Å². The summed E-state index contributed by atoms with van der Waals surface area (Å²) >= 11 is 0. The lowest BCUT2D eigenvalue weighted by Crippen LogP contribution is -2.37. The number of carboxylic acid groups (broad SMARTS) is 1. The molecule has 15 heavy (non-hydrogen) atoms. The summed E-state index contributed by atoms with van der Waals surface area (Å²) in [6.07, 6.45) is 0.287. The van der Waals surface area contributed by atoms with Crippen molar-refractivity contribution in [2.75, 3.05) is 6.54 Å². The van der Waals surface area contributed by atoms with Crippen LogP contribution in [-0.2, 0) is 9.53 Å². The van der Waals surface area contributed by atoms with Crippen LogP contribution in [0.25, 0.3) is 0 Å². The normalized spacial score (nSPS) is 18.1. The molecule has 1 amide bonds. The Morgan fingerprint density at radius 1 is 1.40 bits per heavy atom. The molecule has 0 atom stereocenters. The quantitative estimate of drug-likeness (QED) is 0.697. The van der Waals surface area contributed by atoms with Crippen LogP contribution in [0.15, 0.2) is 0 Å². The maximum atomic E-state index is 11.7. The SMILES string of the molecule is CC(C)(C)OC(=O)C1(CNC(=O)O)CC1. The monoisotopic (exact) mass is 215 g/mol. The largest absolute Gasteiger partial charge is 0.465 e. The Labute approximate surface area is 88.8 Å². The number of amides is 1. The third-order valence-corrected chi connectivity index (χ3v) is 2.26. The molecule has 0 aromatic carbocycles. The van der Waals surface area contributed by atoms with Gasteiger partial charge in [0.25, 0.3) is 0 Å². The summed E-state index contributed by atoms with van der Waals surface area (Å²) in [4.78, 5) is 22.0. The van der Waals surface area contributed by atoms with Gasteiger partial charge in [-0.2, -0.15) is 0 Å². The maximum absolute atomic E-state index is 11.7. The Balaban J connectivity index is 2.48. The average Bonchev–Trinajstić information content (AvgIpc) is 2.77. The van der Waals surface area contributed by atoms with Crippen molar-refractivity contribution in [3.05, 3.63) is 0 Å². The van der Waals surface area contributed by atoms with Crippen LogP contribution in [0.2, 0.25) is 0 Å². The van der Waals surface area contributed by atoms with Gasteiger partial charge in [-0.1, -0.05) is 0 Å². The Morgan fingerprint density at radius 2 is 1.93 bits per heavy atom. The predicted molar refractivity (Wildman–Crippen MR) is 53.5 cm³/mol. The summed E-state index contributed by atoms with van der Waals surface area (Å²) < 4.78 is 5.23. The molecule has 2 N–H and O–H groups in total. The highest BCUT2D eigenvalue weighted by Crippen LogP contribution is 2.46. The summed E-state index contributed by atoms with van der Waals surface area (Å²) in [6.45, 7) is 5.54. The molecule has 0 heterocycles. The van der Waals surface area contributed by atoms with E-state index in [0.29, 0.717) is 12.8 Å². The highest BCUT2D eigenvalue weighted by molar-refractivity contribution is 5.81. The van der Waals surface area contributed by atoms with E-state index < -0.39 is 17.1 Å². The van der Waals surface area contributed by atoms with Crippen LogP contribution in [0, 0.1) is 5.41 Å². The van der Waals surface area contributed by atoms with Crippen LogP contribution in [0.5, 0.6) is 0 Å². The third kappa shape index (κ3) is 3.42. The molecule has 0 spiro atoms. The minimum atomic E-state index is -1.11. The lowest BCUT2D eigenvalue weighted by molar-refractivity contribution is -0.161. The fourth-order valence-electron chi connectivity index (χ4n) is 1.24. The molecule has 5 nitrogen and oxygen atoms in total. The number of nitrogens with one attached hydrogen (secondary N) is 1. The second-order valence-electron chi connectivity index (χ2n) is 4.94. The molecular weight excluding hydrogens is 198 g/mol. The first-order valence-corrected chi connectivity index (χ1v) is 4.95. The molecule has 0 unspecified atom stereocenters. The molecule has 1 saturated carbocycles. The number of hydrogen-bond donors (Lipinski definition) is 2. The zero-order chi connectivity index (χ0) is 11.7. The number of carbonyl (C=O) groups excluding carboxylic acids is 1. The fourth-order valence-corrected chi connectivity index (χ4v) is 1.24. The molecule has 1 aliphatic carbocycles. The second-order valence-corrected chi connectivity index (χ2v) is 4.94. The third-order valence-electron chi connectivity index (χ3n) is 2.26. The second kappa shape index (κ2) is 3.72. The predicted octanol–water partition coefficient (Wildman–Crippen LogP) is 1.38. The minimum Gasteiger partial charge on any atom is -0.465 e. The van der Waals surface area contributed by atoms with Gasteiger partial charge < -0.3 is 15.2 Å². The highest BCUT2D eigenvalue weighted by atomic mass is 16.6. The van der Waals surface area contributed by atoms with E-state index >= 15 is 0 Å². The van der Waals surface area contributed by atoms with E-state index in [1.807, 2.05) is 0 Å². The van der Waals surface area contributed by atoms with Crippen molar-refractivity contribution in [3.63, 3.8) is 0 Å². The number of ether oxygens (including phenoxy) is 1. The van der Waals surface area contributed by atoms with Crippen molar-refractivity contribution in [1.29, 1.82) is 0 Å². The first kappa shape index (κ1) is 11.8. The van der Waals surface area contributed by atoms with Gasteiger partial charge >= 0.3 is 12.1 Å². The first-order chi connectivity index (χ1) is 6.75. The van der Waals surface area contributed by atoms with Gasteiger partial charge in [0, 0.05) is 6.54 Å². The number of rotatable bonds is 3. The lowest BCUT2D eigenvalue weighted by Gasteiger charge is -2.23. The van der Waals surface area contributed by atoms with E-state index in [2.05, 4.69) is 5.32 Å². The van der Waals surface area contributed by atoms with E-state index in [1.165, 1.54) is 0 Å². The Hall–Kier alpha value is -1.26. The van der Waals surface area contributed by atoms with Crippen LogP contribution in [0.4, 0.5) is 4.79 Å². The molecule has 1 rings (SSSR count). The molecule has 1 fully saturated rings. The van der Waals surface area contributed by atoms with Crippen LogP contribution >= 0.6 is 0 Å². The number of hydrogen-bond acceptors (Lipinski definition) is 3. The van der Waals surface area contributed by atoms with Crippen molar-refractivity contribution in [3.8, 4) is 0 Å². The summed E-state index contributed by atoms with van der Waals surface area (Å²) in [5, 5.41) is 10.7. The van der Waals surface area contributed by atoms with E-state index in [9.17, 15) is 9.59 Å². The smallest absolute Gasteiger partial charge is 0.404 e. The van der Waals surface area contributed by atoms with Gasteiger partial charge in [-0.25, -0.2) is 4.79 Å².